The zero-order valence-corrected chi connectivity index (χ0v) is 12.8. The van der Waals surface area contributed by atoms with Gasteiger partial charge < -0.3 is 5.32 Å². The minimum Gasteiger partial charge on any atom is -0.308 e. The van der Waals surface area contributed by atoms with Crippen molar-refractivity contribution in [3.8, 4) is 0 Å². The van der Waals surface area contributed by atoms with Crippen molar-refractivity contribution < 1.29 is 8.42 Å². The van der Waals surface area contributed by atoms with Crippen molar-refractivity contribution in [2.45, 2.75) is 39.3 Å². The van der Waals surface area contributed by atoms with E-state index >= 15 is 0 Å². The molecule has 1 atom stereocenters. The first-order valence-electron chi connectivity index (χ1n) is 6.45. The highest BCUT2D eigenvalue weighted by Crippen LogP contribution is 2.13. The molecule has 18 heavy (non-hydrogen) atoms. The van der Waals surface area contributed by atoms with Gasteiger partial charge in [-0.25, -0.2) is 8.42 Å². The molecular formula is C13H26N2O2S. The second-order valence-electron chi connectivity index (χ2n) is 6.29. The van der Waals surface area contributed by atoms with E-state index in [2.05, 4.69) is 37.6 Å². The fourth-order valence-electron chi connectivity index (χ4n) is 2.00. The highest BCUT2D eigenvalue weighted by Gasteiger charge is 2.28. The van der Waals surface area contributed by atoms with E-state index in [-0.39, 0.29) is 23.1 Å². The first-order chi connectivity index (χ1) is 8.09. The maximum absolute atomic E-state index is 11.5. The summed E-state index contributed by atoms with van der Waals surface area (Å²) >= 11 is 0. The van der Waals surface area contributed by atoms with Gasteiger partial charge in [0.25, 0.3) is 0 Å². The van der Waals surface area contributed by atoms with Gasteiger partial charge in [-0.3, -0.25) is 4.90 Å². The Morgan fingerprint density at radius 1 is 1.44 bits per heavy atom. The quantitative estimate of drug-likeness (QED) is 0.779. The van der Waals surface area contributed by atoms with E-state index in [0.29, 0.717) is 6.54 Å². The number of hydrogen-bond acceptors (Lipinski definition) is 4. The summed E-state index contributed by atoms with van der Waals surface area (Å²) in [6.45, 7) is 14.6. The molecule has 0 amide bonds. The summed E-state index contributed by atoms with van der Waals surface area (Å²) in [6.07, 6.45) is 0. The molecule has 4 nitrogen and oxygen atoms in total. The number of nitrogens with zero attached hydrogens (tertiary/aromatic N) is 1. The van der Waals surface area contributed by atoms with E-state index in [4.69, 9.17) is 0 Å². The van der Waals surface area contributed by atoms with Crippen molar-refractivity contribution in [1.82, 2.24) is 10.2 Å². The number of nitrogens with one attached hydrogen (secondary N) is 1. The molecule has 1 heterocycles. The molecule has 0 saturated carbocycles. The van der Waals surface area contributed by atoms with E-state index in [0.717, 1.165) is 18.7 Å². The third-order valence-electron chi connectivity index (χ3n) is 3.10. The van der Waals surface area contributed by atoms with Crippen LogP contribution in [0.4, 0.5) is 0 Å². The van der Waals surface area contributed by atoms with Gasteiger partial charge in [0.1, 0.15) is 0 Å². The standard InChI is InChI=1S/C13H26N2O2S/c1-11(8-14-13(3,4)5)9-15-6-7-18(16,17)10-12(15)2/h12,14H,1,6-10H2,2-5H3. The van der Waals surface area contributed by atoms with Crippen molar-refractivity contribution in [1.29, 1.82) is 0 Å². The van der Waals surface area contributed by atoms with Gasteiger partial charge in [0.05, 0.1) is 11.5 Å². The highest BCUT2D eigenvalue weighted by atomic mass is 32.2. The summed E-state index contributed by atoms with van der Waals surface area (Å²) in [5.41, 5.74) is 1.19. The Morgan fingerprint density at radius 2 is 2.06 bits per heavy atom. The highest BCUT2D eigenvalue weighted by molar-refractivity contribution is 7.91. The Hall–Kier alpha value is -0.390. The zero-order chi connectivity index (χ0) is 14.0. The second kappa shape index (κ2) is 5.72. The van der Waals surface area contributed by atoms with Crippen LogP contribution in [0.15, 0.2) is 12.2 Å². The van der Waals surface area contributed by atoms with E-state index in [9.17, 15) is 8.42 Å². The van der Waals surface area contributed by atoms with Crippen LogP contribution in [0.5, 0.6) is 0 Å². The Morgan fingerprint density at radius 3 is 2.56 bits per heavy atom. The molecule has 1 rings (SSSR count). The molecule has 0 aromatic rings. The lowest BCUT2D eigenvalue weighted by atomic mass is 10.1. The number of sulfone groups is 1. The van der Waals surface area contributed by atoms with Crippen LogP contribution in [0.1, 0.15) is 27.7 Å². The van der Waals surface area contributed by atoms with Crippen LogP contribution in [-0.4, -0.2) is 56.0 Å². The molecule has 0 spiro atoms. The number of rotatable bonds is 4. The topological polar surface area (TPSA) is 49.4 Å². The number of hydrogen-bond donors (Lipinski definition) is 1. The minimum absolute atomic E-state index is 0.0831. The van der Waals surface area contributed by atoms with E-state index < -0.39 is 9.84 Å². The maximum Gasteiger partial charge on any atom is 0.153 e. The van der Waals surface area contributed by atoms with Gasteiger partial charge >= 0.3 is 0 Å². The van der Waals surface area contributed by atoms with Crippen LogP contribution in [0.25, 0.3) is 0 Å². The smallest absolute Gasteiger partial charge is 0.153 e. The van der Waals surface area contributed by atoms with Gasteiger partial charge in [-0.15, -0.1) is 0 Å². The monoisotopic (exact) mass is 274 g/mol. The van der Waals surface area contributed by atoms with Gasteiger partial charge in [0.2, 0.25) is 0 Å². The van der Waals surface area contributed by atoms with Crippen LogP contribution in [0, 0.1) is 0 Å². The normalized spacial score (nSPS) is 25.0. The summed E-state index contributed by atoms with van der Waals surface area (Å²) in [7, 11) is -2.82. The molecule has 0 aliphatic carbocycles. The lowest BCUT2D eigenvalue weighted by Gasteiger charge is -2.34. The van der Waals surface area contributed by atoms with Crippen LogP contribution in [0.3, 0.4) is 0 Å². The molecule has 106 valence electrons. The lowest BCUT2D eigenvalue weighted by Crippen LogP contribution is -2.48. The largest absolute Gasteiger partial charge is 0.308 e. The molecular weight excluding hydrogens is 248 g/mol. The first kappa shape index (κ1) is 15.7. The van der Waals surface area contributed by atoms with E-state index in [1.54, 1.807) is 0 Å². The van der Waals surface area contributed by atoms with E-state index in [1.165, 1.54) is 0 Å². The van der Waals surface area contributed by atoms with E-state index in [1.807, 2.05) is 6.92 Å². The van der Waals surface area contributed by atoms with Crippen molar-refractivity contribution in [2.75, 3.05) is 31.1 Å². The predicted octanol–water partition coefficient (Wildman–Crippen LogP) is 1.05. The molecule has 1 fully saturated rings. The van der Waals surface area contributed by atoms with Crippen LogP contribution in [0.2, 0.25) is 0 Å². The molecule has 5 heteroatoms. The molecule has 1 N–H and O–H groups in total. The van der Waals surface area contributed by atoms with Crippen molar-refractivity contribution in [2.24, 2.45) is 0 Å². The van der Waals surface area contributed by atoms with Crippen LogP contribution < -0.4 is 5.32 Å². The SMILES string of the molecule is C=C(CNC(C)(C)C)CN1CCS(=O)(=O)CC1C. The van der Waals surface area contributed by atoms with Crippen LogP contribution >= 0.6 is 0 Å². The Balaban J connectivity index is 2.42. The zero-order valence-electron chi connectivity index (χ0n) is 12.0. The summed E-state index contributed by atoms with van der Waals surface area (Å²) < 4.78 is 23.0. The minimum atomic E-state index is -2.82. The Labute approximate surface area is 111 Å². The molecule has 0 aromatic carbocycles. The molecule has 0 radical (unpaired) electrons. The molecule has 0 bridgehead atoms. The Bertz CT molecular complexity index is 396. The molecule has 1 aliphatic heterocycles. The van der Waals surface area contributed by atoms with Crippen molar-refractivity contribution in [3.63, 3.8) is 0 Å². The average Bonchev–Trinajstić information content (AvgIpc) is 2.18. The third-order valence-corrected chi connectivity index (χ3v) is 4.90. The van der Waals surface area contributed by atoms with Gasteiger partial charge in [0.15, 0.2) is 9.84 Å². The molecule has 1 unspecified atom stereocenters. The average molecular weight is 274 g/mol. The van der Waals surface area contributed by atoms with Crippen molar-refractivity contribution >= 4 is 9.84 Å². The van der Waals surface area contributed by atoms with Gasteiger partial charge in [-0.2, -0.15) is 0 Å². The lowest BCUT2D eigenvalue weighted by molar-refractivity contribution is 0.243. The van der Waals surface area contributed by atoms with Gasteiger partial charge in [-0.05, 0) is 33.3 Å². The second-order valence-corrected chi connectivity index (χ2v) is 8.52. The predicted molar refractivity (Wildman–Crippen MR) is 76.6 cm³/mol. The summed E-state index contributed by atoms with van der Waals surface area (Å²) in [5, 5.41) is 3.40. The van der Waals surface area contributed by atoms with Crippen LogP contribution in [-0.2, 0) is 9.84 Å². The molecule has 1 aliphatic rings. The first-order valence-corrected chi connectivity index (χ1v) is 8.27. The fraction of sp³-hybridized carbons (Fsp3) is 0.846. The molecule has 0 aromatic heterocycles. The Kier molecular flexibility index (Phi) is 4.98. The maximum atomic E-state index is 11.5. The fourth-order valence-corrected chi connectivity index (χ4v) is 3.63. The summed E-state index contributed by atoms with van der Waals surface area (Å²) in [4.78, 5) is 2.20. The molecule has 1 saturated heterocycles. The van der Waals surface area contributed by atoms with Crippen molar-refractivity contribution in [3.05, 3.63) is 12.2 Å². The summed E-state index contributed by atoms with van der Waals surface area (Å²) in [6, 6.07) is 0.0927. The van der Waals surface area contributed by atoms with Gasteiger partial charge in [-0.1, -0.05) is 6.58 Å². The third kappa shape index (κ3) is 5.50. The summed E-state index contributed by atoms with van der Waals surface area (Å²) in [5.74, 6) is 0.546. The van der Waals surface area contributed by atoms with Gasteiger partial charge in [0, 0.05) is 31.2 Å².